The SMILES string of the molecule is C[C@H](NC1CCCC(N)C1)c1ccccc1Br. The van der Waals surface area contributed by atoms with Gasteiger partial charge >= 0.3 is 0 Å². The highest BCUT2D eigenvalue weighted by Crippen LogP contribution is 2.25. The lowest BCUT2D eigenvalue weighted by molar-refractivity contribution is 0.318. The summed E-state index contributed by atoms with van der Waals surface area (Å²) in [6, 6.07) is 9.74. The van der Waals surface area contributed by atoms with Crippen molar-refractivity contribution < 1.29 is 0 Å². The molecule has 0 heterocycles. The van der Waals surface area contributed by atoms with Gasteiger partial charge in [0, 0.05) is 22.6 Å². The smallest absolute Gasteiger partial charge is 0.0305 e. The fourth-order valence-corrected chi connectivity index (χ4v) is 3.28. The van der Waals surface area contributed by atoms with Crippen molar-refractivity contribution in [1.82, 2.24) is 5.32 Å². The molecule has 1 aliphatic rings. The molecule has 1 aromatic rings. The highest BCUT2D eigenvalue weighted by Gasteiger charge is 2.21. The second-order valence-electron chi connectivity index (χ2n) is 5.03. The van der Waals surface area contributed by atoms with E-state index in [1.165, 1.54) is 29.3 Å². The number of hydrogen-bond acceptors (Lipinski definition) is 2. The topological polar surface area (TPSA) is 38.0 Å². The van der Waals surface area contributed by atoms with Crippen molar-refractivity contribution in [3.63, 3.8) is 0 Å². The van der Waals surface area contributed by atoms with Crippen molar-refractivity contribution in [3.05, 3.63) is 34.3 Å². The molecule has 0 amide bonds. The Hall–Kier alpha value is -0.380. The Morgan fingerprint density at radius 1 is 1.35 bits per heavy atom. The van der Waals surface area contributed by atoms with Gasteiger partial charge in [-0.3, -0.25) is 0 Å². The number of halogens is 1. The molecule has 1 fully saturated rings. The van der Waals surface area contributed by atoms with Crippen LogP contribution in [0.25, 0.3) is 0 Å². The van der Waals surface area contributed by atoms with Crippen molar-refractivity contribution in [1.29, 1.82) is 0 Å². The number of hydrogen-bond donors (Lipinski definition) is 2. The van der Waals surface area contributed by atoms with Crippen LogP contribution in [0.15, 0.2) is 28.7 Å². The molecule has 17 heavy (non-hydrogen) atoms. The largest absolute Gasteiger partial charge is 0.328 e. The summed E-state index contributed by atoms with van der Waals surface area (Å²) >= 11 is 3.61. The van der Waals surface area contributed by atoms with E-state index in [0.717, 1.165) is 6.42 Å². The van der Waals surface area contributed by atoms with Crippen LogP contribution in [0.1, 0.15) is 44.2 Å². The first-order valence-corrected chi connectivity index (χ1v) is 7.22. The van der Waals surface area contributed by atoms with Gasteiger partial charge in [-0.1, -0.05) is 40.5 Å². The van der Waals surface area contributed by atoms with Gasteiger partial charge in [0.25, 0.3) is 0 Å². The van der Waals surface area contributed by atoms with Gasteiger partial charge in [-0.05, 0) is 37.8 Å². The second-order valence-corrected chi connectivity index (χ2v) is 5.89. The molecule has 1 saturated carbocycles. The molecule has 1 aliphatic carbocycles. The Morgan fingerprint density at radius 3 is 2.82 bits per heavy atom. The first-order valence-electron chi connectivity index (χ1n) is 6.43. The van der Waals surface area contributed by atoms with Gasteiger partial charge in [0.2, 0.25) is 0 Å². The Labute approximate surface area is 112 Å². The van der Waals surface area contributed by atoms with E-state index in [1.807, 2.05) is 0 Å². The molecule has 2 unspecified atom stereocenters. The average molecular weight is 297 g/mol. The Morgan fingerprint density at radius 2 is 2.12 bits per heavy atom. The molecule has 3 N–H and O–H groups in total. The predicted octanol–water partition coefficient (Wildman–Crippen LogP) is 3.37. The molecule has 2 rings (SSSR count). The molecule has 0 saturated heterocycles. The van der Waals surface area contributed by atoms with Crippen LogP contribution >= 0.6 is 15.9 Å². The van der Waals surface area contributed by atoms with Crippen molar-refractivity contribution in [3.8, 4) is 0 Å². The lowest BCUT2D eigenvalue weighted by Gasteiger charge is -2.30. The standard InChI is InChI=1S/C14H21BrN2/c1-10(13-7-2-3-8-14(13)15)17-12-6-4-5-11(16)9-12/h2-3,7-8,10-12,17H,4-6,9,16H2,1H3/t10-,11?,12?/m0/s1. The first-order chi connectivity index (χ1) is 8.16. The van der Waals surface area contributed by atoms with E-state index in [-0.39, 0.29) is 0 Å². The van der Waals surface area contributed by atoms with Gasteiger partial charge in [-0.2, -0.15) is 0 Å². The predicted molar refractivity (Wildman–Crippen MR) is 75.9 cm³/mol. The van der Waals surface area contributed by atoms with Gasteiger partial charge in [0.1, 0.15) is 0 Å². The number of nitrogens with two attached hydrogens (primary N) is 1. The molecule has 0 spiro atoms. The van der Waals surface area contributed by atoms with E-state index in [0.29, 0.717) is 18.1 Å². The van der Waals surface area contributed by atoms with Crippen LogP contribution in [0.5, 0.6) is 0 Å². The molecule has 2 nitrogen and oxygen atoms in total. The van der Waals surface area contributed by atoms with Crippen LogP contribution in [0.4, 0.5) is 0 Å². The van der Waals surface area contributed by atoms with Crippen LogP contribution in [0.2, 0.25) is 0 Å². The third kappa shape index (κ3) is 3.54. The maximum Gasteiger partial charge on any atom is 0.0305 e. The molecule has 0 aromatic heterocycles. The number of rotatable bonds is 3. The summed E-state index contributed by atoms with van der Waals surface area (Å²) in [6.07, 6.45) is 4.79. The molecular weight excluding hydrogens is 276 g/mol. The second kappa shape index (κ2) is 5.98. The Balaban J connectivity index is 1.97. The van der Waals surface area contributed by atoms with Crippen LogP contribution in [0, 0.1) is 0 Å². The summed E-state index contributed by atoms with van der Waals surface area (Å²) in [5, 5.41) is 3.70. The Kier molecular flexibility index (Phi) is 4.60. The van der Waals surface area contributed by atoms with Crippen LogP contribution in [-0.4, -0.2) is 12.1 Å². The summed E-state index contributed by atoms with van der Waals surface area (Å²) in [5.74, 6) is 0. The van der Waals surface area contributed by atoms with Gasteiger partial charge in [0.05, 0.1) is 0 Å². The minimum atomic E-state index is 0.376. The van der Waals surface area contributed by atoms with E-state index in [4.69, 9.17) is 5.73 Å². The van der Waals surface area contributed by atoms with Gasteiger partial charge in [0.15, 0.2) is 0 Å². The fourth-order valence-electron chi connectivity index (χ4n) is 2.65. The normalized spacial score (nSPS) is 26.8. The third-order valence-electron chi connectivity index (χ3n) is 3.57. The summed E-state index contributed by atoms with van der Waals surface area (Å²) in [5.41, 5.74) is 7.35. The van der Waals surface area contributed by atoms with E-state index >= 15 is 0 Å². The van der Waals surface area contributed by atoms with E-state index in [1.54, 1.807) is 0 Å². The van der Waals surface area contributed by atoms with Crippen LogP contribution in [0.3, 0.4) is 0 Å². The molecule has 94 valence electrons. The van der Waals surface area contributed by atoms with Gasteiger partial charge in [-0.25, -0.2) is 0 Å². The summed E-state index contributed by atoms with van der Waals surface area (Å²) in [4.78, 5) is 0. The number of benzene rings is 1. The summed E-state index contributed by atoms with van der Waals surface area (Å²) in [7, 11) is 0. The van der Waals surface area contributed by atoms with Crippen molar-refractivity contribution in [2.24, 2.45) is 5.73 Å². The lowest BCUT2D eigenvalue weighted by atomic mass is 9.91. The lowest BCUT2D eigenvalue weighted by Crippen LogP contribution is -2.40. The zero-order valence-corrected chi connectivity index (χ0v) is 11.9. The Bertz CT molecular complexity index is 367. The fraction of sp³-hybridized carbons (Fsp3) is 0.571. The minimum Gasteiger partial charge on any atom is -0.328 e. The maximum atomic E-state index is 6.02. The zero-order chi connectivity index (χ0) is 12.3. The highest BCUT2D eigenvalue weighted by molar-refractivity contribution is 9.10. The summed E-state index contributed by atoms with van der Waals surface area (Å²) in [6.45, 7) is 2.22. The monoisotopic (exact) mass is 296 g/mol. The van der Waals surface area contributed by atoms with Crippen molar-refractivity contribution in [2.75, 3.05) is 0 Å². The highest BCUT2D eigenvalue weighted by atomic mass is 79.9. The average Bonchev–Trinajstić information content (AvgIpc) is 2.29. The zero-order valence-electron chi connectivity index (χ0n) is 10.3. The van der Waals surface area contributed by atoms with Crippen molar-refractivity contribution in [2.45, 2.75) is 50.7 Å². The maximum absolute atomic E-state index is 6.02. The van der Waals surface area contributed by atoms with Crippen molar-refractivity contribution >= 4 is 15.9 Å². The van der Waals surface area contributed by atoms with Crippen LogP contribution in [-0.2, 0) is 0 Å². The van der Waals surface area contributed by atoms with Crippen LogP contribution < -0.4 is 11.1 Å². The van der Waals surface area contributed by atoms with Gasteiger partial charge < -0.3 is 11.1 Å². The third-order valence-corrected chi connectivity index (χ3v) is 4.29. The first kappa shape index (κ1) is 13.1. The molecule has 3 heteroatoms. The van der Waals surface area contributed by atoms with E-state index < -0.39 is 0 Å². The van der Waals surface area contributed by atoms with E-state index in [2.05, 4.69) is 52.4 Å². The van der Waals surface area contributed by atoms with E-state index in [9.17, 15) is 0 Å². The minimum absolute atomic E-state index is 0.376. The quantitative estimate of drug-likeness (QED) is 0.897. The summed E-state index contributed by atoms with van der Waals surface area (Å²) < 4.78 is 1.18. The van der Waals surface area contributed by atoms with Gasteiger partial charge in [-0.15, -0.1) is 0 Å². The molecular formula is C14H21BrN2. The molecule has 0 bridgehead atoms. The number of nitrogens with one attached hydrogen (secondary N) is 1. The molecule has 0 aliphatic heterocycles. The molecule has 1 aromatic carbocycles. The molecule has 3 atom stereocenters. The molecule has 0 radical (unpaired) electrons.